The SMILES string of the molecule is Cn1c2ccccc2c2c1ccc1c3ccccc3n(-c3cc(C#N)c(-c4cc(C#N)cc(C(F)(F)F)c4)cc3-n3c4ccccc4c4ccc5c(c6ccccc6n5C)c43)c12. The third-order valence-corrected chi connectivity index (χ3v) is 12.8. The monoisotopic (exact) mass is 808 g/mol. The molecule has 8 aromatic carbocycles. The predicted octanol–water partition coefficient (Wildman–Crippen LogP) is 13.6. The molecule has 9 heteroatoms. The average Bonchev–Trinajstić information content (AvgIpc) is 4.00. The summed E-state index contributed by atoms with van der Waals surface area (Å²) in [5.41, 5.74) is 8.61. The summed E-state index contributed by atoms with van der Waals surface area (Å²) in [5.74, 6) is 0. The number of benzene rings is 8. The average molecular weight is 809 g/mol. The molecular weight excluding hydrogens is 778 g/mol. The first-order valence-corrected chi connectivity index (χ1v) is 20.2. The number of nitrogens with zero attached hydrogens (tertiary/aromatic N) is 6. The normalized spacial score (nSPS) is 12.2. The van der Waals surface area contributed by atoms with Crippen LogP contribution in [-0.4, -0.2) is 18.3 Å². The van der Waals surface area contributed by atoms with Crippen molar-refractivity contribution in [3.8, 4) is 34.6 Å². The van der Waals surface area contributed by atoms with Crippen LogP contribution in [0.4, 0.5) is 13.2 Å². The maximum Gasteiger partial charge on any atom is 0.416 e. The molecule has 12 aromatic rings. The number of nitriles is 2. The second-order valence-corrected chi connectivity index (χ2v) is 16.0. The lowest BCUT2D eigenvalue weighted by Gasteiger charge is -2.20. The molecule has 0 radical (unpaired) electrons. The Labute approximate surface area is 351 Å². The zero-order chi connectivity index (χ0) is 42.2. The Morgan fingerprint density at radius 1 is 0.452 bits per heavy atom. The van der Waals surface area contributed by atoms with Gasteiger partial charge < -0.3 is 18.3 Å². The van der Waals surface area contributed by atoms with Crippen molar-refractivity contribution in [2.45, 2.75) is 6.18 Å². The van der Waals surface area contributed by atoms with Crippen LogP contribution in [0, 0.1) is 22.7 Å². The van der Waals surface area contributed by atoms with Gasteiger partial charge in [-0.1, -0.05) is 84.9 Å². The highest BCUT2D eigenvalue weighted by atomic mass is 19.4. The van der Waals surface area contributed by atoms with Gasteiger partial charge in [0.1, 0.15) is 0 Å². The van der Waals surface area contributed by atoms with Gasteiger partial charge in [0.15, 0.2) is 0 Å². The number of halogens is 3. The van der Waals surface area contributed by atoms with Gasteiger partial charge in [-0.25, -0.2) is 0 Å². The lowest BCUT2D eigenvalue weighted by molar-refractivity contribution is -0.137. The number of para-hydroxylation sites is 4. The van der Waals surface area contributed by atoms with Gasteiger partial charge in [0.2, 0.25) is 0 Å². The van der Waals surface area contributed by atoms with Crippen molar-refractivity contribution in [1.29, 1.82) is 10.5 Å². The van der Waals surface area contributed by atoms with Gasteiger partial charge in [-0.3, -0.25) is 0 Å². The van der Waals surface area contributed by atoms with Crippen LogP contribution in [0.3, 0.4) is 0 Å². The number of rotatable bonds is 3. The van der Waals surface area contributed by atoms with Gasteiger partial charge in [-0.2, -0.15) is 23.7 Å². The van der Waals surface area contributed by atoms with Crippen molar-refractivity contribution in [1.82, 2.24) is 18.3 Å². The van der Waals surface area contributed by atoms with Crippen molar-refractivity contribution in [3.05, 3.63) is 168 Å². The molecule has 0 saturated heterocycles. The Morgan fingerprint density at radius 2 is 0.919 bits per heavy atom. The first kappa shape index (κ1) is 35.7. The van der Waals surface area contributed by atoms with Crippen molar-refractivity contribution < 1.29 is 13.2 Å². The number of hydrogen-bond donors (Lipinski definition) is 0. The van der Waals surface area contributed by atoms with Gasteiger partial charge >= 0.3 is 6.18 Å². The summed E-state index contributed by atoms with van der Waals surface area (Å²) in [7, 11) is 4.12. The lowest BCUT2D eigenvalue weighted by Crippen LogP contribution is -2.07. The van der Waals surface area contributed by atoms with E-state index in [1.54, 1.807) is 0 Å². The van der Waals surface area contributed by atoms with E-state index in [4.69, 9.17) is 0 Å². The topological polar surface area (TPSA) is 67.3 Å². The molecule has 0 fully saturated rings. The first-order valence-electron chi connectivity index (χ1n) is 20.2. The maximum absolute atomic E-state index is 14.5. The molecule has 0 amide bonds. The van der Waals surface area contributed by atoms with E-state index in [1.165, 1.54) is 6.07 Å². The third kappa shape index (κ3) is 4.73. The Hall–Kier alpha value is -8.27. The molecule has 0 aliphatic carbocycles. The van der Waals surface area contributed by atoms with Gasteiger partial charge in [0.05, 0.1) is 73.3 Å². The Kier molecular flexibility index (Phi) is 7.26. The molecule has 0 saturated carbocycles. The minimum Gasteiger partial charge on any atom is -0.344 e. The summed E-state index contributed by atoms with van der Waals surface area (Å²) in [4.78, 5) is 0. The second-order valence-electron chi connectivity index (χ2n) is 16.0. The molecule has 6 nitrogen and oxygen atoms in total. The highest BCUT2D eigenvalue weighted by Crippen LogP contribution is 2.46. The molecule has 294 valence electrons. The van der Waals surface area contributed by atoms with E-state index in [1.807, 2.05) is 66.7 Å². The quantitative estimate of drug-likeness (QED) is 0.178. The van der Waals surface area contributed by atoms with E-state index in [2.05, 4.69) is 111 Å². The summed E-state index contributed by atoms with van der Waals surface area (Å²) in [6.45, 7) is 0. The van der Waals surface area contributed by atoms with E-state index in [0.29, 0.717) is 11.4 Å². The van der Waals surface area contributed by atoms with E-state index in [9.17, 15) is 23.7 Å². The fourth-order valence-corrected chi connectivity index (χ4v) is 10.2. The zero-order valence-corrected chi connectivity index (χ0v) is 33.3. The van der Waals surface area contributed by atoms with Crippen LogP contribution in [0.25, 0.3) is 110 Å². The van der Waals surface area contributed by atoms with E-state index in [0.717, 1.165) is 99.4 Å². The van der Waals surface area contributed by atoms with E-state index in [-0.39, 0.29) is 22.3 Å². The fourth-order valence-electron chi connectivity index (χ4n) is 10.2. The van der Waals surface area contributed by atoms with Crippen LogP contribution in [0.2, 0.25) is 0 Å². The number of alkyl halides is 3. The van der Waals surface area contributed by atoms with Crippen LogP contribution < -0.4 is 0 Å². The molecule has 0 unspecified atom stereocenters. The summed E-state index contributed by atoms with van der Waals surface area (Å²) < 4.78 is 52.4. The Bertz CT molecular complexity index is 4030. The van der Waals surface area contributed by atoms with Crippen LogP contribution in [0.15, 0.2) is 152 Å². The van der Waals surface area contributed by atoms with Gasteiger partial charge in [-0.15, -0.1) is 0 Å². The number of aromatic nitrogens is 4. The summed E-state index contributed by atoms with van der Waals surface area (Å²) in [5, 5.41) is 29.3. The van der Waals surface area contributed by atoms with Crippen LogP contribution in [0.1, 0.15) is 16.7 Å². The summed E-state index contributed by atoms with van der Waals surface area (Å²) in [6.07, 6.45) is -4.73. The number of hydrogen-bond acceptors (Lipinski definition) is 2. The molecule has 12 rings (SSSR count). The Balaban J connectivity index is 1.34. The highest BCUT2D eigenvalue weighted by Gasteiger charge is 2.32. The van der Waals surface area contributed by atoms with Crippen LogP contribution in [0.5, 0.6) is 0 Å². The predicted molar refractivity (Wildman–Crippen MR) is 243 cm³/mol. The zero-order valence-electron chi connectivity index (χ0n) is 33.3. The molecule has 0 atom stereocenters. The number of aryl methyl sites for hydroxylation is 2. The van der Waals surface area contributed by atoms with Crippen molar-refractivity contribution in [2.75, 3.05) is 0 Å². The smallest absolute Gasteiger partial charge is 0.344 e. The molecule has 4 heterocycles. The molecule has 0 aliphatic heterocycles. The summed E-state index contributed by atoms with van der Waals surface area (Å²) in [6, 6.07) is 52.9. The largest absolute Gasteiger partial charge is 0.416 e. The van der Waals surface area contributed by atoms with E-state index < -0.39 is 11.7 Å². The molecule has 4 aromatic heterocycles. The lowest BCUT2D eigenvalue weighted by atomic mass is 9.94. The minimum absolute atomic E-state index is 0.121. The third-order valence-electron chi connectivity index (χ3n) is 12.8. The van der Waals surface area contributed by atoms with Gasteiger partial charge in [0.25, 0.3) is 0 Å². The molecule has 0 aliphatic rings. The molecular formula is C53H31F3N6. The molecule has 0 bridgehead atoms. The van der Waals surface area contributed by atoms with Crippen molar-refractivity contribution in [2.24, 2.45) is 14.1 Å². The van der Waals surface area contributed by atoms with Gasteiger partial charge in [-0.05, 0) is 72.3 Å². The number of fused-ring (bicyclic) bond motifs is 14. The molecule has 0 spiro atoms. The fraction of sp³-hybridized carbons (Fsp3) is 0.0566. The molecule has 0 N–H and O–H groups in total. The Morgan fingerprint density at radius 3 is 1.40 bits per heavy atom. The maximum atomic E-state index is 14.5. The highest BCUT2D eigenvalue weighted by molar-refractivity contribution is 6.27. The van der Waals surface area contributed by atoms with Crippen molar-refractivity contribution >= 4 is 87.2 Å². The van der Waals surface area contributed by atoms with Crippen molar-refractivity contribution in [3.63, 3.8) is 0 Å². The molecule has 62 heavy (non-hydrogen) atoms. The second kappa shape index (κ2) is 12.6. The standard InChI is InChI=1S/C53H31F3N6/c1-59-41-15-7-5-13-38(41)49-45(59)21-19-36-34-11-3-9-17-43(34)61(51(36)49)47-26-32(29-58)40(31-23-30(28-57)24-33(25-31)53(54,55)56)27-48(47)62-44-18-10-4-12-35(44)37-20-22-46-50(52(37)62)39-14-6-8-16-42(39)60(46)2/h3-27H,1-2H3. The minimum atomic E-state index is -4.73. The van der Waals surface area contributed by atoms with Crippen LogP contribution in [-0.2, 0) is 20.3 Å². The van der Waals surface area contributed by atoms with Gasteiger partial charge in [0, 0.05) is 73.8 Å². The summed E-state index contributed by atoms with van der Waals surface area (Å²) >= 11 is 0. The first-order chi connectivity index (χ1) is 30.2. The van der Waals surface area contributed by atoms with Crippen LogP contribution >= 0.6 is 0 Å². The van der Waals surface area contributed by atoms with E-state index >= 15 is 0 Å².